The Balaban J connectivity index is 1.63. The molecule has 3 unspecified atom stereocenters. The van der Waals surface area contributed by atoms with E-state index in [9.17, 15) is 0 Å². The number of fused-ring (bicyclic) bond motifs is 1. The van der Waals surface area contributed by atoms with E-state index in [1.54, 1.807) is 0 Å². The Kier molecular flexibility index (Phi) is 6.57. The molecule has 2 aliphatic rings. The fourth-order valence-electron chi connectivity index (χ4n) is 3.37. The molecule has 0 amide bonds. The van der Waals surface area contributed by atoms with Gasteiger partial charge in [-0.05, 0) is 46.1 Å². The molecule has 19 heavy (non-hydrogen) atoms. The van der Waals surface area contributed by atoms with Gasteiger partial charge in [-0.1, -0.05) is 0 Å². The van der Waals surface area contributed by atoms with E-state index in [0.29, 0.717) is 18.2 Å². The minimum Gasteiger partial charge on any atom is -0.382 e. The average molecular weight is 270 g/mol. The van der Waals surface area contributed by atoms with E-state index < -0.39 is 0 Å². The molecule has 4 nitrogen and oxygen atoms in total. The molecule has 1 aliphatic carbocycles. The number of rotatable bonds is 8. The normalized spacial score (nSPS) is 29.4. The molecule has 4 heteroatoms. The molecule has 1 saturated heterocycles. The molecule has 2 rings (SSSR count). The van der Waals surface area contributed by atoms with Gasteiger partial charge in [0, 0.05) is 38.4 Å². The van der Waals surface area contributed by atoms with Crippen molar-refractivity contribution in [2.24, 2.45) is 0 Å². The van der Waals surface area contributed by atoms with Crippen LogP contribution in [0.3, 0.4) is 0 Å². The third kappa shape index (κ3) is 4.42. The second-order valence-electron chi connectivity index (χ2n) is 5.75. The van der Waals surface area contributed by atoms with Crippen LogP contribution in [0.1, 0.15) is 39.5 Å². The molecular formula is C15H30N2O2. The Labute approximate surface area is 117 Å². The van der Waals surface area contributed by atoms with Gasteiger partial charge in [0.1, 0.15) is 0 Å². The van der Waals surface area contributed by atoms with Crippen molar-refractivity contribution in [1.82, 2.24) is 10.2 Å². The summed E-state index contributed by atoms with van der Waals surface area (Å²) in [6.07, 6.45) is 5.53. The van der Waals surface area contributed by atoms with E-state index in [4.69, 9.17) is 9.47 Å². The van der Waals surface area contributed by atoms with E-state index in [2.05, 4.69) is 17.1 Å². The van der Waals surface area contributed by atoms with Crippen LogP contribution in [0.25, 0.3) is 0 Å². The first-order chi connectivity index (χ1) is 9.33. The Bertz CT molecular complexity index is 250. The van der Waals surface area contributed by atoms with Crippen LogP contribution in [0, 0.1) is 0 Å². The van der Waals surface area contributed by atoms with Crippen LogP contribution in [0.5, 0.6) is 0 Å². The monoisotopic (exact) mass is 270 g/mol. The lowest BCUT2D eigenvalue weighted by molar-refractivity contribution is -0.0687. The second kappa shape index (κ2) is 8.20. The van der Waals surface area contributed by atoms with Crippen LogP contribution in [0.15, 0.2) is 0 Å². The molecular weight excluding hydrogens is 240 g/mol. The van der Waals surface area contributed by atoms with Gasteiger partial charge in [0.2, 0.25) is 0 Å². The molecule has 0 radical (unpaired) electrons. The van der Waals surface area contributed by atoms with E-state index in [0.717, 1.165) is 45.9 Å². The molecule has 1 saturated carbocycles. The summed E-state index contributed by atoms with van der Waals surface area (Å²) in [5, 5.41) is 3.56. The minimum absolute atomic E-state index is 0.508. The number of nitrogens with zero attached hydrogens (tertiary/aromatic N) is 1. The van der Waals surface area contributed by atoms with Crippen LogP contribution in [0.2, 0.25) is 0 Å². The van der Waals surface area contributed by atoms with Crippen molar-refractivity contribution in [2.45, 2.75) is 57.7 Å². The van der Waals surface area contributed by atoms with Gasteiger partial charge in [-0.2, -0.15) is 0 Å². The first-order valence-corrected chi connectivity index (χ1v) is 7.98. The highest BCUT2D eigenvalue weighted by atomic mass is 16.5. The molecule has 0 spiro atoms. The maximum atomic E-state index is 5.87. The summed E-state index contributed by atoms with van der Waals surface area (Å²) in [6, 6.07) is 1.29. The van der Waals surface area contributed by atoms with Gasteiger partial charge >= 0.3 is 0 Å². The summed E-state index contributed by atoms with van der Waals surface area (Å²) in [4.78, 5) is 2.66. The Morgan fingerprint density at radius 2 is 2.32 bits per heavy atom. The predicted octanol–water partition coefficient (Wildman–Crippen LogP) is 1.64. The van der Waals surface area contributed by atoms with E-state index in [1.165, 1.54) is 19.3 Å². The maximum Gasteiger partial charge on any atom is 0.0731 e. The number of nitrogens with one attached hydrogen (secondary N) is 1. The van der Waals surface area contributed by atoms with E-state index >= 15 is 0 Å². The highest BCUT2D eigenvalue weighted by molar-refractivity contribution is 4.91. The standard InChI is InChI=1S/C15H30N2O2/c1-3-18-10-5-8-16-12-13(2)17-9-11-19-15-7-4-6-14(15)17/h13-16H,3-12H2,1-2H3. The summed E-state index contributed by atoms with van der Waals surface area (Å²) in [7, 11) is 0. The zero-order valence-electron chi connectivity index (χ0n) is 12.6. The number of hydrogen-bond donors (Lipinski definition) is 1. The molecule has 112 valence electrons. The third-order valence-corrected chi connectivity index (χ3v) is 4.38. The quantitative estimate of drug-likeness (QED) is 0.680. The van der Waals surface area contributed by atoms with Crippen molar-refractivity contribution in [1.29, 1.82) is 0 Å². The van der Waals surface area contributed by atoms with Crippen molar-refractivity contribution in [3.63, 3.8) is 0 Å². The van der Waals surface area contributed by atoms with Crippen molar-refractivity contribution >= 4 is 0 Å². The Hall–Kier alpha value is -0.160. The van der Waals surface area contributed by atoms with Crippen LogP contribution in [-0.4, -0.2) is 62.5 Å². The van der Waals surface area contributed by atoms with Gasteiger partial charge in [0.05, 0.1) is 12.7 Å². The summed E-state index contributed by atoms with van der Waals surface area (Å²) in [5.41, 5.74) is 0. The molecule has 0 aromatic heterocycles. The second-order valence-corrected chi connectivity index (χ2v) is 5.75. The van der Waals surface area contributed by atoms with Crippen LogP contribution in [-0.2, 0) is 9.47 Å². The van der Waals surface area contributed by atoms with Crippen LogP contribution in [0.4, 0.5) is 0 Å². The highest BCUT2D eigenvalue weighted by Gasteiger charge is 2.37. The fourth-order valence-corrected chi connectivity index (χ4v) is 3.37. The summed E-state index contributed by atoms with van der Waals surface area (Å²) in [6.45, 7) is 10.2. The lowest BCUT2D eigenvalue weighted by atomic mass is 10.1. The molecule has 3 atom stereocenters. The lowest BCUT2D eigenvalue weighted by Gasteiger charge is -2.41. The topological polar surface area (TPSA) is 33.7 Å². The zero-order chi connectivity index (χ0) is 13.5. The Morgan fingerprint density at radius 1 is 1.42 bits per heavy atom. The minimum atomic E-state index is 0.508. The zero-order valence-corrected chi connectivity index (χ0v) is 12.6. The van der Waals surface area contributed by atoms with Crippen molar-refractivity contribution in [2.75, 3.05) is 39.5 Å². The molecule has 1 heterocycles. The molecule has 0 aromatic carbocycles. The van der Waals surface area contributed by atoms with Gasteiger partial charge in [-0.25, -0.2) is 0 Å². The highest BCUT2D eigenvalue weighted by Crippen LogP contribution is 2.30. The van der Waals surface area contributed by atoms with Gasteiger partial charge in [-0.3, -0.25) is 4.90 Å². The fraction of sp³-hybridized carbons (Fsp3) is 1.00. The number of ether oxygens (including phenoxy) is 2. The smallest absolute Gasteiger partial charge is 0.0731 e. The largest absolute Gasteiger partial charge is 0.382 e. The Morgan fingerprint density at radius 3 is 3.16 bits per heavy atom. The summed E-state index contributed by atoms with van der Waals surface area (Å²) in [5.74, 6) is 0. The third-order valence-electron chi connectivity index (χ3n) is 4.38. The first-order valence-electron chi connectivity index (χ1n) is 7.98. The van der Waals surface area contributed by atoms with Crippen molar-refractivity contribution in [3.05, 3.63) is 0 Å². The van der Waals surface area contributed by atoms with Gasteiger partial charge in [0.15, 0.2) is 0 Å². The van der Waals surface area contributed by atoms with Gasteiger partial charge < -0.3 is 14.8 Å². The first kappa shape index (κ1) is 15.2. The SMILES string of the molecule is CCOCCCNCC(C)N1CCOC2CCCC21. The summed E-state index contributed by atoms with van der Waals surface area (Å²) >= 11 is 0. The molecule has 1 N–H and O–H groups in total. The van der Waals surface area contributed by atoms with E-state index in [1.807, 2.05) is 6.92 Å². The number of hydrogen-bond acceptors (Lipinski definition) is 4. The predicted molar refractivity (Wildman–Crippen MR) is 77.5 cm³/mol. The molecule has 1 aliphatic heterocycles. The molecule has 2 fully saturated rings. The van der Waals surface area contributed by atoms with Crippen molar-refractivity contribution in [3.8, 4) is 0 Å². The van der Waals surface area contributed by atoms with Crippen LogP contribution >= 0.6 is 0 Å². The maximum absolute atomic E-state index is 5.87. The van der Waals surface area contributed by atoms with Crippen LogP contribution < -0.4 is 5.32 Å². The number of morpholine rings is 1. The average Bonchev–Trinajstić information content (AvgIpc) is 2.90. The van der Waals surface area contributed by atoms with Crippen molar-refractivity contribution < 1.29 is 9.47 Å². The van der Waals surface area contributed by atoms with Gasteiger partial charge in [-0.15, -0.1) is 0 Å². The lowest BCUT2D eigenvalue weighted by Crippen LogP contribution is -2.54. The molecule has 0 aromatic rings. The molecule has 0 bridgehead atoms. The summed E-state index contributed by atoms with van der Waals surface area (Å²) < 4.78 is 11.2. The van der Waals surface area contributed by atoms with Gasteiger partial charge in [0.25, 0.3) is 0 Å². The van der Waals surface area contributed by atoms with E-state index in [-0.39, 0.29) is 0 Å².